The van der Waals surface area contributed by atoms with Crippen LogP contribution in [0.1, 0.15) is 30.5 Å². The molecule has 5 nitrogen and oxygen atoms in total. The third-order valence-corrected chi connectivity index (χ3v) is 3.74. The van der Waals surface area contributed by atoms with Crippen molar-refractivity contribution in [2.45, 2.75) is 45.2 Å². The molecule has 1 fully saturated rings. The van der Waals surface area contributed by atoms with E-state index in [4.69, 9.17) is 5.73 Å². The molecule has 2 heterocycles. The summed E-state index contributed by atoms with van der Waals surface area (Å²) < 4.78 is 0. The van der Waals surface area contributed by atoms with Crippen molar-refractivity contribution >= 4 is 16.9 Å². The molecule has 0 aliphatic heterocycles. The lowest BCUT2D eigenvalue weighted by molar-refractivity contribution is 0.687. The SMILES string of the molecule is Cc1cc(C)c2c(N[C@@H]3CC[C@@H](N)C3)ncnc2n1. The van der Waals surface area contributed by atoms with E-state index in [1.807, 2.05) is 6.92 Å². The normalized spacial score (nSPS) is 22.9. The van der Waals surface area contributed by atoms with Crippen LogP contribution in [0.15, 0.2) is 12.4 Å². The summed E-state index contributed by atoms with van der Waals surface area (Å²) in [4.78, 5) is 13.1. The molecule has 5 heteroatoms. The minimum Gasteiger partial charge on any atom is -0.367 e. The van der Waals surface area contributed by atoms with Gasteiger partial charge in [-0.15, -0.1) is 0 Å². The van der Waals surface area contributed by atoms with Crippen molar-refractivity contribution in [1.29, 1.82) is 0 Å². The van der Waals surface area contributed by atoms with Gasteiger partial charge in [0, 0.05) is 17.8 Å². The fraction of sp³-hybridized carbons (Fsp3) is 0.500. The monoisotopic (exact) mass is 257 g/mol. The number of aryl methyl sites for hydroxylation is 2. The summed E-state index contributed by atoms with van der Waals surface area (Å²) in [6.07, 6.45) is 4.76. The zero-order valence-corrected chi connectivity index (χ0v) is 11.3. The van der Waals surface area contributed by atoms with Gasteiger partial charge in [0.2, 0.25) is 0 Å². The van der Waals surface area contributed by atoms with Crippen LogP contribution in [-0.4, -0.2) is 27.0 Å². The maximum atomic E-state index is 5.96. The van der Waals surface area contributed by atoms with E-state index < -0.39 is 0 Å². The van der Waals surface area contributed by atoms with E-state index >= 15 is 0 Å². The van der Waals surface area contributed by atoms with Crippen molar-refractivity contribution in [3.63, 3.8) is 0 Å². The summed E-state index contributed by atoms with van der Waals surface area (Å²) in [7, 11) is 0. The predicted molar refractivity (Wildman–Crippen MR) is 76.0 cm³/mol. The zero-order valence-electron chi connectivity index (χ0n) is 11.3. The largest absolute Gasteiger partial charge is 0.367 e. The van der Waals surface area contributed by atoms with E-state index in [-0.39, 0.29) is 0 Å². The van der Waals surface area contributed by atoms with Crippen LogP contribution in [0.4, 0.5) is 5.82 Å². The highest BCUT2D eigenvalue weighted by molar-refractivity contribution is 5.89. The van der Waals surface area contributed by atoms with Gasteiger partial charge in [0.1, 0.15) is 12.1 Å². The van der Waals surface area contributed by atoms with Crippen LogP contribution >= 0.6 is 0 Å². The number of fused-ring (bicyclic) bond motifs is 1. The highest BCUT2D eigenvalue weighted by Crippen LogP contribution is 2.26. The Morgan fingerprint density at radius 1 is 1.26 bits per heavy atom. The maximum absolute atomic E-state index is 5.96. The van der Waals surface area contributed by atoms with Crippen molar-refractivity contribution < 1.29 is 0 Å². The van der Waals surface area contributed by atoms with Crippen molar-refractivity contribution in [3.05, 3.63) is 23.7 Å². The van der Waals surface area contributed by atoms with Crippen molar-refractivity contribution in [2.24, 2.45) is 5.73 Å². The maximum Gasteiger partial charge on any atom is 0.165 e. The molecule has 1 aliphatic rings. The molecular formula is C14H19N5. The summed E-state index contributed by atoms with van der Waals surface area (Å²) in [5.41, 5.74) is 8.86. The van der Waals surface area contributed by atoms with Crippen LogP contribution < -0.4 is 11.1 Å². The molecule has 0 unspecified atom stereocenters. The van der Waals surface area contributed by atoms with Gasteiger partial charge in [0.15, 0.2) is 5.65 Å². The van der Waals surface area contributed by atoms with Gasteiger partial charge in [0.05, 0.1) is 5.39 Å². The molecule has 0 bridgehead atoms. The Morgan fingerprint density at radius 2 is 2.11 bits per heavy atom. The van der Waals surface area contributed by atoms with Crippen LogP contribution in [0, 0.1) is 13.8 Å². The molecule has 3 N–H and O–H groups in total. The van der Waals surface area contributed by atoms with Crippen LogP contribution in [0.3, 0.4) is 0 Å². The van der Waals surface area contributed by atoms with Gasteiger partial charge >= 0.3 is 0 Å². The van der Waals surface area contributed by atoms with E-state index in [0.29, 0.717) is 12.1 Å². The van der Waals surface area contributed by atoms with Gasteiger partial charge in [-0.25, -0.2) is 15.0 Å². The first kappa shape index (κ1) is 12.3. The van der Waals surface area contributed by atoms with Crippen LogP contribution in [-0.2, 0) is 0 Å². The number of aromatic nitrogens is 3. The molecule has 100 valence electrons. The summed E-state index contributed by atoms with van der Waals surface area (Å²) >= 11 is 0. The molecule has 0 radical (unpaired) electrons. The number of hydrogen-bond donors (Lipinski definition) is 2. The van der Waals surface area contributed by atoms with Gasteiger partial charge in [-0.1, -0.05) is 0 Å². The minimum atomic E-state index is 0.312. The first-order valence-corrected chi connectivity index (χ1v) is 6.74. The molecule has 1 saturated carbocycles. The molecule has 0 aromatic carbocycles. The Kier molecular flexibility index (Phi) is 3.06. The van der Waals surface area contributed by atoms with E-state index in [1.54, 1.807) is 6.33 Å². The van der Waals surface area contributed by atoms with Crippen molar-refractivity contribution in [1.82, 2.24) is 15.0 Å². The number of rotatable bonds is 2. The Labute approximate surface area is 112 Å². The third kappa shape index (κ3) is 2.38. The average Bonchev–Trinajstić information content (AvgIpc) is 2.74. The van der Waals surface area contributed by atoms with Crippen LogP contribution in [0.2, 0.25) is 0 Å². The zero-order chi connectivity index (χ0) is 13.4. The number of anilines is 1. The van der Waals surface area contributed by atoms with Crippen LogP contribution in [0.25, 0.3) is 11.0 Å². The number of nitrogens with zero attached hydrogens (tertiary/aromatic N) is 3. The fourth-order valence-corrected chi connectivity index (χ4v) is 2.86. The van der Waals surface area contributed by atoms with Crippen molar-refractivity contribution in [3.8, 4) is 0 Å². The summed E-state index contributed by atoms with van der Waals surface area (Å²) in [6.45, 7) is 4.06. The molecule has 2 aromatic heterocycles. The lowest BCUT2D eigenvalue weighted by atomic mass is 10.1. The molecular weight excluding hydrogens is 238 g/mol. The topological polar surface area (TPSA) is 76.7 Å². The van der Waals surface area contributed by atoms with Crippen LogP contribution in [0.5, 0.6) is 0 Å². The molecule has 0 spiro atoms. The van der Waals surface area contributed by atoms with Gasteiger partial charge < -0.3 is 11.1 Å². The highest BCUT2D eigenvalue weighted by atomic mass is 15.1. The quantitative estimate of drug-likeness (QED) is 0.859. The summed E-state index contributed by atoms with van der Waals surface area (Å²) in [5.74, 6) is 0.883. The fourth-order valence-electron chi connectivity index (χ4n) is 2.86. The Bertz CT molecular complexity index is 610. The van der Waals surface area contributed by atoms with E-state index in [2.05, 4.69) is 33.3 Å². The van der Waals surface area contributed by atoms with Crippen molar-refractivity contribution in [2.75, 3.05) is 5.32 Å². The summed E-state index contributed by atoms with van der Waals surface area (Å²) in [5, 5.41) is 4.53. The van der Waals surface area contributed by atoms with Gasteiger partial charge in [0.25, 0.3) is 0 Å². The molecule has 3 rings (SSSR count). The molecule has 0 amide bonds. The lowest BCUT2D eigenvalue weighted by Gasteiger charge is -2.15. The minimum absolute atomic E-state index is 0.312. The van der Waals surface area contributed by atoms with E-state index in [0.717, 1.165) is 47.4 Å². The molecule has 2 atom stereocenters. The average molecular weight is 257 g/mol. The molecule has 1 aliphatic carbocycles. The number of hydrogen-bond acceptors (Lipinski definition) is 5. The first-order valence-electron chi connectivity index (χ1n) is 6.74. The second kappa shape index (κ2) is 4.74. The van der Waals surface area contributed by atoms with E-state index in [1.165, 1.54) is 0 Å². The van der Waals surface area contributed by atoms with E-state index in [9.17, 15) is 0 Å². The predicted octanol–water partition coefficient (Wildman–Crippen LogP) is 1.93. The second-order valence-electron chi connectivity index (χ2n) is 5.42. The Balaban J connectivity index is 1.99. The van der Waals surface area contributed by atoms with Gasteiger partial charge in [-0.05, 0) is 44.7 Å². The molecule has 19 heavy (non-hydrogen) atoms. The first-order chi connectivity index (χ1) is 9.13. The molecule has 2 aromatic rings. The standard InChI is InChI=1S/C14H19N5/c1-8-5-9(2)18-13-12(8)14(17-7-16-13)19-11-4-3-10(15)6-11/h5,7,10-11H,3-4,6,15H2,1-2H3,(H,16,17,18,19)/t10-,11-/m1/s1. The molecule has 0 saturated heterocycles. The second-order valence-corrected chi connectivity index (χ2v) is 5.42. The highest BCUT2D eigenvalue weighted by Gasteiger charge is 2.22. The number of nitrogens with two attached hydrogens (primary N) is 1. The van der Waals surface area contributed by atoms with Gasteiger partial charge in [-0.3, -0.25) is 0 Å². The Morgan fingerprint density at radius 3 is 2.84 bits per heavy atom. The number of pyridine rings is 1. The van der Waals surface area contributed by atoms with Gasteiger partial charge in [-0.2, -0.15) is 0 Å². The summed E-state index contributed by atoms with van der Waals surface area (Å²) in [6, 6.07) is 2.79. The lowest BCUT2D eigenvalue weighted by Crippen LogP contribution is -2.21. The smallest absolute Gasteiger partial charge is 0.165 e. The number of nitrogens with one attached hydrogen (secondary N) is 1. The Hall–Kier alpha value is -1.75. The third-order valence-electron chi connectivity index (χ3n) is 3.74.